The molecule has 1 rings (SSSR count). The second-order valence-electron chi connectivity index (χ2n) is 3.52. The van der Waals surface area contributed by atoms with E-state index in [1.165, 1.54) is 15.9 Å². The van der Waals surface area contributed by atoms with Crippen LogP contribution in [0.1, 0.15) is 13.8 Å². The number of hydrogen-bond acceptors (Lipinski definition) is 5. The number of nitrogens with zero attached hydrogens (tertiary/aromatic N) is 5. The fourth-order valence-electron chi connectivity index (χ4n) is 1.19. The Labute approximate surface area is 91.8 Å². The van der Waals surface area contributed by atoms with Crippen LogP contribution < -0.4 is 0 Å². The van der Waals surface area contributed by atoms with E-state index in [4.69, 9.17) is 5.11 Å². The lowest BCUT2D eigenvalue weighted by molar-refractivity contribution is -0.146. The lowest BCUT2D eigenvalue weighted by Crippen LogP contribution is -2.42. The topological polar surface area (TPSA) is 101 Å². The van der Waals surface area contributed by atoms with Gasteiger partial charge in [0.2, 0.25) is 5.91 Å². The van der Waals surface area contributed by atoms with Crippen molar-refractivity contribution >= 4 is 11.9 Å². The lowest BCUT2D eigenvalue weighted by Gasteiger charge is -2.24. The maximum Gasteiger partial charge on any atom is 0.323 e. The molecule has 0 aliphatic rings. The first-order valence-electron chi connectivity index (χ1n) is 4.72. The number of carboxylic acids is 1. The molecule has 88 valence electrons. The first-order valence-corrected chi connectivity index (χ1v) is 4.72. The van der Waals surface area contributed by atoms with Crippen LogP contribution in [0.2, 0.25) is 0 Å². The van der Waals surface area contributed by atoms with E-state index in [1.807, 2.05) is 0 Å². The Morgan fingerprint density at radius 3 is 2.62 bits per heavy atom. The monoisotopic (exact) mass is 227 g/mol. The SMILES string of the molecule is CC(C)N(CC(=O)O)C(=O)Cn1cnnn1. The molecular formula is C8H13N5O3. The van der Waals surface area contributed by atoms with Crippen LogP contribution in [-0.4, -0.2) is 54.7 Å². The molecule has 0 aliphatic carbocycles. The van der Waals surface area contributed by atoms with E-state index in [0.717, 1.165) is 0 Å². The van der Waals surface area contributed by atoms with E-state index in [9.17, 15) is 9.59 Å². The predicted octanol–water partition coefficient (Wildman–Crippen LogP) is -1.01. The summed E-state index contributed by atoms with van der Waals surface area (Å²) in [5.41, 5.74) is 0. The van der Waals surface area contributed by atoms with Crippen molar-refractivity contribution in [1.29, 1.82) is 0 Å². The van der Waals surface area contributed by atoms with Crippen molar-refractivity contribution in [1.82, 2.24) is 25.1 Å². The normalized spacial score (nSPS) is 10.4. The van der Waals surface area contributed by atoms with E-state index >= 15 is 0 Å². The third-order valence-corrected chi connectivity index (χ3v) is 1.94. The molecule has 0 atom stereocenters. The largest absolute Gasteiger partial charge is 0.480 e. The summed E-state index contributed by atoms with van der Waals surface area (Å²) in [5.74, 6) is -1.37. The maximum atomic E-state index is 11.7. The van der Waals surface area contributed by atoms with Gasteiger partial charge in [-0.05, 0) is 24.3 Å². The molecule has 0 saturated carbocycles. The van der Waals surface area contributed by atoms with E-state index in [-0.39, 0.29) is 25.0 Å². The fraction of sp³-hybridized carbons (Fsp3) is 0.625. The summed E-state index contributed by atoms with van der Waals surface area (Å²) in [4.78, 5) is 23.6. The molecule has 0 fully saturated rings. The number of hydrogen-bond donors (Lipinski definition) is 1. The number of tetrazole rings is 1. The molecule has 0 unspecified atom stereocenters. The summed E-state index contributed by atoms with van der Waals surface area (Å²) in [5, 5.41) is 19.0. The van der Waals surface area contributed by atoms with Crippen LogP contribution >= 0.6 is 0 Å². The molecule has 0 saturated heterocycles. The van der Waals surface area contributed by atoms with Crippen molar-refractivity contribution in [2.24, 2.45) is 0 Å². The van der Waals surface area contributed by atoms with Gasteiger partial charge in [0.25, 0.3) is 0 Å². The van der Waals surface area contributed by atoms with Crippen molar-refractivity contribution in [3.63, 3.8) is 0 Å². The van der Waals surface area contributed by atoms with E-state index in [2.05, 4.69) is 15.5 Å². The number of aromatic nitrogens is 4. The van der Waals surface area contributed by atoms with E-state index in [1.54, 1.807) is 13.8 Å². The molecule has 1 amide bonds. The minimum absolute atomic E-state index is 0.0571. The molecule has 1 N–H and O–H groups in total. The van der Waals surface area contributed by atoms with Gasteiger partial charge in [0.05, 0.1) is 0 Å². The molecule has 0 radical (unpaired) electrons. The van der Waals surface area contributed by atoms with Crippen LogP contribution in [0.25, 0.3) is 0 Å². The molecular weight excluding hydrogens is 214 g/mol. The average Bonchev–Trinajstić information content (AvgIpc) is 2.65. The van der Waals surface area contributed by atoms with Gasteiger partial charge in [-0.2, -0.15) is 0 Å². The minimum atomic E-state index is -1.04. The molecule has 16 heavy (non-hydrogen) atoms. The Bertz CT molecular complexity index is 362. The van der Waals surface area contributed by atoms with Gasteiger partial charge < -0.3 is 10.0 Å². The first-order chi connectivity index (χ1) is 7.50. The summed E-state index contributed by atoms with van der Waals surface area (Å²) in [6, 6.07) is -0.180. The number of carboxylic acid groups (broad SMARTS) is 1. The highest BCUT2D eigenvalue weighted by molar-refractivity contribution is 5.81. The number of aliphatic carboxylic acids is 1. The quantitative estimate of drug-likeness (QED) is 0.692. The summed E-state index contributed by atoms with van der Waals surface area (Å²) < 4.78 is 1.25. The zero-order valence-corrected chi connectivity index (χ0v) is 9.07. The Morgan fingerprint density at radius 2 is 2.19 bits per heavy atom. The first kappa shape index (κ1) is 12.1. The molecule has 0 spiro atoms. The highest BCUT2D eigenvalue weighted by atomic mass is 16.4. The van der Waals surface area contributed by atoms with Crippen LogP contribution in [0, 0.1) is 0 Å². The molecule has 1 aromatic heterocycles. The number of carbonyl (C=O) groups excluding carboxylic acids is 1. The van der Waals surface area contributed by atoms with Gasteiger partial charge in [-0.1, -0.05) is 0 Å². The van der Waals surface area contributed by atoms with Crippen LogP contribution in [0.15, 0.2) is 6.33 Å². The van der Waals surface area contributed by atoms with Gasteiger partial charge in [0, 0.05) is 6.04 Å². The van der Waals surface area contributed by atoms with Crippen molar-refractivity contribution in [3.05, 3.63) is 6.33 Å². The zero-order valence-electron chi connectivity index (χ0n) is 9.07. The van der Waals surface area contributed by atoms with Gasteiger partial charge in [0.15, 0.2) is 0 Å². The molecule has 8 heteroatoms. The van der Waals surface area contributed by atoms with Crippen LogP contribution in [0.5, 0.6) is 0 Å². The Balaban J connectivity index is 2.64. The highest BCUT2D eigenvalue weighted by Gasteiger charge is 2.20. The average molecular weight is 227 g/mol. The van der Waals surface area contributed by atoms with Gasteiger partial charge in [-0.25, -0.2) is 4.68 Å². The summed E-state index contributed by atoms with van der Waals surface area (Å²) in [6.07, 6.45) is 1.30. The van der Waals surface area contributed by atoms with Crippen molar-refractivity contribution < 1.29 is 14.7 Å². The maximum absolute atomic E-state index is 11.7. The molecule has 0 aromatic carbocycles. The molecule has 0 bridgehead atoms. The Morgan fingerprint density at radius 1 is 1.50 bits per heavy atom. The second-order valence-corrected chi connectivity index (χ2v) is 3.52. The Kier molecular flexibility index (Phi) is 3.92. The van der Waals surface area contributed by atoms with Crippen LogP contribution in [-0.2, 0) is 16.1 Å². The number of amides is 1. The third-order valence-electron chi connectivity index (χ3n) is 1.94. The summed E-state index contributed by atoms with van der Waals surface area (Å²) in [6.45, 7) is 3.12. The molecule has 8 nitrogen and oxygen atoms in total. The third kappa shape index (κ3) is 3.30. The number of carbonyl (C=O) groups is 2. The fourth-order valence-corrected chi connectivity index (χ4v) is 1.19. The molecule has 0 aliphatic heterocycles. The predicted molar refractivity (Wildman–Crippen MR) is 52.3 cm³/mol. The molecule has 1 heterocycles. The van der Waals surface area contributed by atoms with Gasteiger partial charge in [-0.15, -0.1) is 5.10 Å². The smallest absolute Gasteiger partial charge is 0.323 e. The van der Waals surface area contributed by atoms with Gasteiger partial charge >= 0.3 is 5.97 Å². The van der Waals surface area contributed by atoms with E-state index in [0.29, 0.717) is 0 Å². The van der Waals surface area contributed by atoms with Gasteiger partial charge in [0.1, 0.15) is 19.4 Å². The van der Waals surface area contributed by atoms with Gasteiger partial charge in [-0.3, -0.25) is 9.59 Å². The minimum Gasteiger partial charge on any atom is -0.480 e. The van der Waals surface area contributed by atoms with Crippen molar-refractivity contribution in [2.45, 2.75) is 26.4 Å². The van der Waals surface area contributed by atoms with Crippen LogP contribution in [0.4, 0.5) is 0 Å². The number of rotatable bonds is 5. The summed E-state index contributed by atoms with van der Waals surface area (Å²) >= 11 is 0. The molecule has 1 aromatic rings. The summed E-state index contributed by atoms with van der Waals surface area (Å²) in [7, 11) is 0. The highest BCUT2D eigenvalue weighted by Crippen LogP contribution is 2.00. The lowest BCUT2D eigenvalue weighted by atomic mass is 10.3. The Hall–Kier alpha value is -1.99. The van der Waals surface area contributed by atoms with Crippen molar-refractivity contribution in [3.8, 4) is 0 Å². The standard InChI is InChI=1S/C8H13N5O3/c1-6(2)13(4-8(15)16)7(14)3-12-5-9-10-11-12/h5-6H,3-4H2,1-2H3,(H,15,16). The van der Waals surface area contributed by atoms with Crippen LogP contribution in [0.3, 0.4) is 0 Å². The second kappa shape index (κ2) is 5.19. The zero-order chi connectivity index (χ0) is 12.1. The van der Waals surface area contributed by atoms with Crippen molar-refractivity contribution in [2.75, 3.05) is 6.54 Å². The van der Waals surface area contributed by atoms with E-state index < -0.39 is 5.97 Å².